The van der Waals surface area contributed by atoms with Crippen molar-refractivity contribution in [2.24, 2.45) is 5.92 Å². The molecule has 1 aliphatic carbocycles. The number of carbonyl (C=O) groups excluding carboxylic acids is 1. The van der Waals surface area contributed by atoms with Gasteiger partial charge in [0.15, 0.2) is 0 Å². The maximum atomic E-state index is 12.5. The van der Waals surface area contributed by atoms with Crippen LogP contribution in [0.1, 0.15) is 46.0 Å². The molecule has 1 fully saturated rings. The van der Waals surface area contributed by atoms with E-state index in [9.17, 15) is 9.90 Å². The molecule has 0 aromatic rings. The van der Waals surface area contributed by atoms with E-state index < -0.39 is 11.6 Å². The van der Waals surface area contributed by atoms with E-state index in [1.165, 1.54) is 0 Å². The number of aliphatic hydroxyl groups is 1. The summed E-state index contributed by atoms with van der Waals surface area (Å²) in [6.45, 7) is 5.21. The van der Waals surface area contributed by atoms with Crippen LogP contribution in [0.3, 0.4) is 0 Å². The lowest BCUT2D eigenvalue weighted by atomic mass is 9.86. The smallest absolute Gasteiger partial charge is 0.351 e. The van der Waals surface area contributed by atoms with Gasteiger partial charge >= 0.3 is 5.97 Å². The molecule has 21 heavy (non-hydrogen) atoms. The summed E-state index contributed by atoms with van der Waals surface area (Å²) in [5, 5.41) is 14.0. The molecule has 0 aromatic heterocycles. The molecule has 116 valence electrons. The second-order valence-electron chi connectivity index (χ2n) is 5.90. The lowest BCUT2D eigenvalue weighted by Crippen LogP contribution is -2.46. The predicted octanol–water partition coefficient (Wildman–Crippen LogP) is 1.78. The highest BCUT2D eigenvalue weighted by Crippen LogP contribution is 2.35. The molecular weight excluding hydrogens is 266 g/mol. The summed E-state index contributed by atoms with van der Waals surface area (Å²) >= 11 is 0. The van der Waals surface area contributed by atoms with Crippen LogP contribution < -0.4 is 5.32 Å². The van der Waals surface area contributed by atoms with Crippen LogP contribution in [-0.2, 0) is 9.53 Å². The van der Waals surface area contributed by atoms with Crippen molar-refractivity contribution >= 4 is 5.97 Å². The minimum Gasteiger partial charge on any atom is -0.455 e. The molecule has 0 spiro atoms. The normalized spacial score (nSPS) is 23.5. The maximum absolute atomic E-state index is 12.5. The van der Waals surface area contributed by atoms with Crippen LogP contribution in [0.2, 0.25) is 0 Å². The Bertz CT molecular complexity index is 468. The number of esters is 1. The molecule has 2 atom stereocenters. The highest BCUT2D eigenvalue weighted by atomic mass is 16.6. The van der Waals surface area contributed by atoms with Crippen LogP contribution >= 0.6 is 0 Å². The van der Waals surface area contributed by atoms with Gasteiger partial charge in [0.25, 0.3) is 0 Å². The standard InChI is InChI=1S/C17H25NO3/c1-3-10-17(20,15-6-4-5-7-15)16(19)21-13(2)14-8-11-18-12-9-14/h8,13,15,18,20H,4-7,9,11-12H2,1-2H3. The summed E-state index contributed by atoms with van der Waals surface area (Å²) in [6.07, 6.45) is 6.38. The van der Waals surface area contributed by atoms with E-state index >= 15 is 0 Å². The van der Waals surface area contributed by atoms with Gasteiger partial charge in [0, 0.05) is 12.5 Å². The van der Waals surface area contributed by atoms with Crippen LogP contribution in [0.4, 0.5) is 0 Å². The van der Waals surface area contributed by atoms with Gasteiger partial charge < -0.3 is 15.2 Å². The molecule has 0 bridgehead atoms. The lowest BCUT2D eigenvalue weighted by molar-refractivity contribution is -0.167. The van der Waals surface area contributed by atoms with Gasteiger partial charge in [-0.05, 0) is 45.2 Å². The molecule has 0 saturated heterocycles. The third kappa shape index (κ3) is 3.66. The zero-order valence-corrected chi connectivity index (χ0v) is 12.9. The van der Waals surface area contributed by atoms with Gasteiger partial charge in [0.1, 0.15) is 6.10 Å². The number of carbonyl (C=O) groups is 1. The molecule has 2 aliphatic rings. The fourth-order valence-electron chi connectivity index (χ4n) is 3.19. The van der Waals surface area contributed by atoms with Crippen molar-refractivity contribution in [3.63, 3.8) is 0 Å². The molecule has 2 unspecified atom stereocenters. The second-order valence-corrected chi connectivity index (χ2v) is 5.90. The van der Waals surface area contributed by atoms with E-state index in [0.29, 0.717) is 0 Å². The van der Waals surface area contributed by atoms with Crippen molar-refractivity contribution in [3.05, 3.63) is 11.6 Å². The van der Waals surface area contributed by atoms with Crippen molar-refractivity contribution in [2.75, 3.05) is 13.1 Å². The zero-order chi connectivity index (χ0) is 15.3. The average molecular weight is 291 g/mol. The Morgan fingerprint density at radius 3 is 2.81 bits per heavy atom. The Balaban J connectivity index is 2.07. The molecule has 2 N–H and O–H groups in total. The fourth-order valence-corrected chi connectivity index (χ4v) is 3.19. The minimum absolute atomic E-state index is 0.105. The van der Waals surface area contributed by atoms with Crippen LogP contribution in [0, 0.1) is 17.8 Å². The minimum atomic E-state index is -1.65. The van der Waals surface area contributed by atoms with Crippen LogP contribution in [0.5, 0.6) is 0 Å². The van der Waals surface area contributed by atoms with Crippen LogP contribution in [0.15, 0.2) is 11.6 Å². The average Bonchev–Trinajstić information content (AvgIpc) is 3.03. The lowest BCUT2D eigenvalue weighted by Gasteiger charge is -2.29. The molecule has 4 nitrogen and oxygen atoms in total. The topological polar surface area (TPSA) is 58.6 Å². The van der Waals surface area contributed by atoms with Gasteiger partial charge in [0.2, 0.25) is 5.60 Å². The first-order valence-electron chi connectivity index (χ1n) is 7.85. The Morgan fingerprint density at radius 2 is 2.24 bits per heavy atom. The van der Waals surface area contributed by atoms with Gasteiger partial charge in [-0.2, -0.15) is 0 Å². The predicted molar refractivity (Wildman–Crippen MR) is 81.5 cm³/mol. The van der Waals surface area contributed by atoms with E-state index in [4.69, 9.17) is 4.74 Å². The molecule has 2 rings (SSSR count). The first-order chi connectivity index (χ1) is 10.1. The van der Waals surface area contributed by atoms with Gasteiger partial charge in [-0.15, -0.1) is 5.92 Å². The summed E-state index contributed by atoms with van der Waals surface area (Å²) in [7, 11) is 0. The fraction of sp³-hybridized carbons (Fsp3) is 0.706. The number of nitrogens with one attached hydrogen (secondary N) is 1. The van der Waals surface area contributed by atoms with Crippen molar-refractivity contribution in [1.82, 2.24) is 5.32 Å². The van der Waals surface area contributed by atoms with E-state index in [-0.39, 0.29) is 12.0 Å². The van der Waals surface area contributed by atoms with E-state index in [1.807, 2.05) is 6.92 Å². The van der Waals surface area contributed by atoms with E-state index in [1.54, 1.807) is 6.92 Å². The zero-order valence-electron chi connectivity index (χ0n) is 12.9. The molecular formula is C17H25NO3. The summed E-state index contributed by atoms with van der Waals surface area (Å²) in [6, 6.07) is 0. The molecule has 1 saturated carbocycles. The number of rotatable bonds is 4. The van der Waals surface area contributed by atoms with E-state index in [0.717, 1.165) is 50.8 Å². The summed E-state index contributed by atoms with van der Waals surface area (Å²) in [5.41, 5.74) is -0.534. The molecule has 0 radical (unpaired) electrons. The first kappa shape index (κ1) is 16.1. The molecule has 4 heteroatoms. The second kappa shape index (κ2) is 7.11. The number of ether oxygens (including phenoxy) is 1. The third-order valence-electron chi connectivity index (χ3n) is 4.48. The van der Waals surface area contributed by atoms with Crippen molar-refractivity contribution in [1.29, 1.82) is 0 Å². The van der Waals surface area contributed by atoms with E-state index in [2.05, 4.69) is 23.2 Å². The van der Waals surface area contributed by atoms with Gasteiger partial charge in [-0.1, -0.05) is 24.8 Å². The monoisotopic (exact) mass is 291 g/mol. The summed E-state index contributed by atoms with van der Waals surface area (Å²) in [4.78, 5) is 12.5. The Kier molecular flexibility index (Phi) is 5.44. The van der Waals surface area contributed by atoms with Crippen molar-refractivity contribution < 1.29 is 14.6 Å². The van der Waals surface area contributed by atoms with Crippen molar-refractivity contribution in [2.45, 2.75) is 57.7 Å². The molecule has 1 heterocycles. The van der Waals surface area contributed by atoms with Gasteiger partial charge in [-0.25, -0.2) is 4.79 Å². The first-order valence-corrected chi connectivity index (χ1v) is 7.85. The number of hydrogen-bond acceptors (Lipinski definition) is 4. The largest absolute Gasteiger partial charge is 0.455 e. The van der Waals surface area contributed by atoms with Crippen LogP contribution in [-0.4, -0.2) is 35.9 Å². The van der Waals surface area contributed by atoms with Gasteiger partial charge in [-0.3, -0.25) is 0 Å². The molecule has 1 aliphatic heterocycles. The highest BCUT2D eigenvalue weighted by Gasteiger charge is 2.45. The Labute approximate surface area is 126 Å². The third-order valence-corrected chi connectivity index (χ3v) is 4.48. The summed E-state index contributed by atoms with van der Waals surface area (Å²) < 4.78 is 5.53. The quantitative estimate of drug-likeness (QED) is 0.471. The Morgan fingerprint density at radius 1 is 1.52 bits per heavy atom. The van der Waals surface area contributed by atoms with Gasteiger partial charge in [0.05, 0.1) is 0 Å². The molecule has 0 amide bonds. The number of hydrogen-bond donors (Lipinski definition) is 2. The molecule has 0 aromatic carbocycles. The highest BCUT2D eigenvalue weighted by molar-refractivity contribution is 5.84. The van der Waals surface area contributed by atoms with Crippen molar-refractivity contribution in [3.8, 4) is 11.8 Å². The summed E-state index contributed by atoms with van der Waals surface area (Å²) in [5.74, 6) is 4.71. The Hall–Kier alpha value is -1.31. The van der Waals surface area contributed by atoms with Crippen LogP contribution in [0.25, 0.3) is 0 Å². The maximum Gasteiger partial charge on any atom is 0.351 e. The SMILES string of the molecule is CC#CC(O)(C(=O)OC(C)C1=CCNCC1)C1CCCC1.